The maximum atomic E-state index is 7.19. The van der Waals surface area contributed by atoms with Gasteiger partial charge in [0.1, 0.15) is 6.61 Å². The van der Waals surface area contributed by atoms with Crippen LogP contribution in [0.15, 0.2) is 0 Å². The van der Waals surface area contributed by atoms with Crippen LogP contribution in [0.25, 0.3) is 0 Å². The Labute approximate surface area is 80.6 Å². The Bertz CT molecular complexity index is 180. The summed E-state index contributed by atoms with van der Waals surface area (Å²) in [7, 11) is 0. The molecule has 1 atom stereocenters. The van der Waals surface area contributed by atoms with Gasteiger partial charge in [-0.1, -0.05) is 0 Å². The first-order valence-corrected chi connectivity index (χ1v) is 5.05. The fourth-order valence-corrected chi connectivity index (χ4v) is 1.94. The van der Waals surface area contributed by atoms with E-state index in [0.717, 1.165) is 0 Å². The van der Waals surface area contributed by atoms with E-state index in [2.05, 4.69) is 18.7 Å². The van der Waals surface area contributed by atoms with Crippen LogP contribution in [0.4, 0.5) is 0 Å². The van der Waals surface area contributed by atoms with Crippen LogP contribution in [0.1, 0.15) is 33.6 Å². The van der Waals surface area contributed by atoms with Crippen LogP contribution >= 0.6 is 0 Å². The van der Waals surface area contributed by atoms with E-state index < -0.39 is 0 Å². The lowest BCUT2D eigenvalue weighted by atomic mass is 10.2. The van der Waals surface area contributed by atoms with Crippen molar-refractivity contribution < 1.29 is 4.74 Å². The quantitative estimate of drug-likeness (QED) is 0.537. The van der Waals surface area contributed by atoms with Crippen LogP contribution in [0.3, 0.4) is 0 Å². The number of likely N-dealkylation sites (tertiary alicyclic amines) is 1. The third kappa shape index (κ3) is 2.99. The van der Waals surface area contributed by atoms with Crippen molar-refractivity contribution in [3.8, 4) is 0 Å². The number of hydrogen-bond donors (Lipinski definition) is 1. The van der Waals surface area contributed by atoms with Gasteiger partial charge in [0.25, 0.3) is 0 Å². The summed E-state index contributed by atoms with van der Waals surface area (Å²) >= 11 is 0. The van der Waals surface area contributed by atoms with Crippen molar-refractivity contribution in [1.82, 2.24) is 4.90 Å². The number of hydrogen-bond acceptors (Lipinski definition) is 3. The van der Waals surface area contributed by atoms with E-state index >= 15 is 0 Å². The fourth-order valence-electron chi connectivity index (χ4n) is 1.94. The Hall–Kier alpha value is -0.570. The van der Waals surface area contributed by atoms with E-state index in [4.69, 9.17) is 10.1 Å². The van der Waals surface area contributed by atoms with Crippen molar-refractivity contribution >= 4 is 5.90 Å². The van der Waals surface area contributed by atoms with Gasteiger partial charge in [0.05, 0.1) is 0 Å². The van der Waals surface area contributed by atoms with Gasteiger partial charge in [-0.25, -0.2) is 0 Å². The summed E-state index contributed by atoms with van der Waals surface area (Å²) in [6.07, 6.45) is 2.48. The normalized spacial score (nSPS) is 23.8. The standard InChI is InChI=1S/C10H20N2O/c1-8(2)12-6-4-5-10(12)7-13-9(3)11/h8,10-11H,4-7H2,1-3H3/t10-/m0/s1. The number of rotatable bonds is 3. The zero-order valence-corrected chi connectivity index (χ0v) is 8.84. The van der Waals surface area contributed by atoms with E-state index in [1.165, 1.54) is 19.4 Å². The highest BCUT2D eigenvalue weighted by molar-refractivity contribution is 5.69. The van der Waals surface area contributed by atoms with E-state index in [0.29, 0.717) is 24.6 Å². The Kier molecular flexibility index (Phi) is 3.72. The Morgan fingerprint density at radius 2 is 2.31 bits per heavy atom. The van der Waals surface area contributed by atoms with Gasteiger partial charge in [0.15, 0.2) is 5.90 Å². The van der Waals surface area contributed by atoms with Crippen LogP contribution in [-0.2, 0) is 4.74 Å². The molecular weight excluding hydrogens is 164 g/mol. The maximum absolute atomic E-state index is 7.19. The molecule has 13 heavy (non-hydrogen) atoms. The second-order valence-corrected chi connectivity index (χ2v) is 3.99. The molecule has 0 aromatic heterocycles. The average molecular weight is 184 g/mol. The lowest BCUT2D eigenvalue weighted by molar-refractivity contribution is 0.137. The molecule has 1 heterocycles. The van der Waals surface area contributed by atoms with Gasteiger partial charge in [0.2, 0.25) is 0 Å². The Morgan fingerprint density at radius 1 is 1.62 bits per heavy atom. The molecule has 1 saturated heterocycles. The summed E-state index contributed by atoms with van der Waals surface area (Å²) < 4.78 is 5.25. The highest BCUT2D eigenvalue weighted by Crippen LogP contribution is 2.19. The largest absolute Gasteiger partial charge is 0.480 e. The third-order valence-electron chi connectivity index (χ3n) is 2.58. The molecule has 0 unspecified atom stereocenters. The summed E-state index contributed by atoms with van der Waals surface area (Å²) in [5.41, 5.74) is 0. The molecular formula is C10H20N2O. The highest BCUT2D eigenvalue weighted by atomic mass is 16.5. The van der Waals surface area contributed by atoms with Crippen LogP contribution in [-0.4, -0.2) is 36.0 Å². The molecule has 0 aliphatic carbocycles. The van der Waals surface area contributed by atoms with Gasteiger partial charge < -0.3 is 4.74 Å². The zero-order valence-electron chi connectivity index (χ0n) is 8.84. The van der Waals surface area contributed by atoms with Crippen LogP contribution in [0, 0.1) is 5.41 Å². The van der Waals surface area contributed by atoms with Crippen molar-refractivity contribution in [2.75, 3.05) is 13.2 Å². The molecule has 0 amide bonds. The van der Waals surface area contributed by atoms with Gasteiger partial charge in [-0.2, -0.15) is 0 Å². The molecule has 0 aromatic carbocycles. The van der Waals surface area contributed by atoms with Gasteiger partial charge >= 0.3 is 0 Å². The molecule has 0 bridgehead atoms. The summed E-state index contributed by atoms with van der Waals surface area (Å²) in [6, 6.07) is 1.13. The monoisotopic (exact) mass is 184 g/mol. The number of ether oxygens (including phenoxy) is 1. The first kappa shape index (κ1) is 10.5. The summed E-state index contributed by atoms with van der Waals surface area (Å²) in [6.45, 7) is 8.00. The minimum atomic E-state index is 0.329. The van der Waals surface area contributed by atoms with Crippen molar-refractivity contribution in [1.29, 1.82) is 5.41 Å². The molecule has 3 heteroatoms. The molecule has 0 saturated carbocycles. The predicted octanol–water partition coefficient (Wildman–Crippen LogP) is 1.87. The first-order chi connectivity index (χ1) is 6.11. The second-order valence-electron chi connectivity index (χ2n) is 3.99. The minimum absolute atomic E-state index is 0.329. The van der Waals surface area contributed by atoms with Gasteiger partial charge in [0, 0.05) is 19.0 Å². The molecule has 0 spiro atoms. The molecule has 1 aliphatic rings. The molecule has 1 aliphatic heterocycles. The smallest absolute Gasteiger partial charge is 0.177 e. The lowest BCUT2D eigenvalue weighted by Gasteiger charge is -2.27. The second kappa shape index (κ2) is 4.61. The summed E-state index contributed by atoms with van der Waals surface area (Å²) in [4.78, 5) is 2.46. The predicted molar refractivity (Wildman–Crippen MR) is 54.2 cm³/mol. The zero-order chi connectivity index (χ0) is 9.84. The van der Waals surface area contributed by atoms with E-state index in [-0.39, 0.29) is 0 Å². The molecule has 0 radical (unpaired) electrons. The topological polar surface area (TPSA) is 36.3 Å². The minimum Gasteiger partial charge on any atom is -0.480 e. The molecule has 76 valence electrons. The molecule has 1 rings (SSSR count). The van der Waals surface area contributed by atoms with Gasteiger partial charge in [-0.15, -0.1) is 0 Å². The molecule has 1 N–H and O–H groups in total. The van der Waals surface area contributed by atoms with Crippen molar-refractivity contribution in [3.63, 3.8) is 0 Å². The van der Waals surface area contributed by atoms with E-state index in [9.17, 15) is 0 Å². The maximum Gasteiger partial charge on any atom is 0.177 e. The van der Waals surface area contributed by atoms with Crippen molar-refractivity contribution in [3.05, 3.63) is 0 Å². The lowest BCUT2D eigenvalue weighted by Crippen LogP contribution is -2.38. The van der Waals surface area contributed by atoms with E-state index in [1.807, 2.05) is 0 Å². The molecule has 3 nitrogen and oxygen atoms in total. The molecule has 0 aromatic rings. The van der Waals surface area contributed by atoms with Crippen LogP contribution in [0.2, 0.25) is 0 Å². The SMILES string of the molecule is CC(=N)OC[C@@H]1CCCN1C(C)C. The fraction of sp³-hybridized carbons (Fsp3) is 0.900. The Morgan fingerprint density at radius 3 is 2.85 bits per heavy atom. The summed E-state index contributed by atoms with van der Waals surface area (Å²) in [5, 5.41) is 7.19. The van der Waals surface area contributed by atoms with Crippen LogP contribution in [0.5, 0.6) is 0 Å². The highest BCUT2D eigenvalue weighted by Gasteiger charge is 2.26. The molecule has 1 fully saturated rings. The first-order valence-electron chi connectivity index (χ1n) is 5.05. The Balaban J connectivity index is 2.35. The summed E-state index contributed by atoms with van der Waals surface area (Å²) in [5.74, 6) is 0.329. The van der Waals surface area contributed by atoms with Crippen molar-refractivity contribution in [2.24, 2.45) is 0 Å². The van der Waals surface area contributed by atoms with Crippen molar-refractivity contribution in [2.45, 2.75) is 45.7 Å². The van der Waals surface area contributed by atoms with Crippen LogP contribution < -0.4 is 0 Å². The van der Waals surface area contributed by atoms with Gasteiger partial charge in [-0.3, -0.25) is 10.3 Å². The number of nitrogens with one attached hydrogen (secondary N) is 1. The number of nitrogens with zero attached hydrogens (tertiary/aromatic N) is 1. The van der Waals surface area contributed by atoms with Gasteiger partial charge in [-0.05, 0) is 33.2 Å². The average Bonchev–Trinajstić information content (AvgIpc) is 2.47. The third-order valence-corrected chi connectivity index (χ3v) is 2.58. The van der Waals surface area contributed by atoms with E-state index in [1.54, 1.807) is 6.92 Å².